The van der Waals surface area contributed by atoms with Gasteiger partial charge in [-0.2, -0.15) is 0 Å². The SMILES string of the molecule is CCOC(C)(C)c1nc(=S)cc(-c2ccccc2)[nH]1. The molecular weight excluding hydrogens is 256 g/mol. The van der Waals surface area contributed by atoms with Crippen LogP contribution in [0.4, 0.5) is 0 Å². The van der Waals surface area contributed by atoms with Crippen LogP contribution in [0.2, 0.25) is 0 Å². The maximum Gasteiger partial charge on any atom is 0.139 e. The van der Waals surface area contributed by atoms with E-state index in [9.17, 15) is 0 Å². The standard InChI is InChI=1S/C15H18N2OS/c1-4-18-15(2,3)14-16-12(10-13(19)17-14)11-8-6-5-7-9-11/h5-10H,4H2,1-3H3,(H,16,17,19). The minimum atomic E-state index is -0.479. The molecule has 1 heterocycles. The van der Waals surface area contributed by atoms with Gasteiger partial charge in [-0.15, -0.1) is 0 Å². The molecule has 0 aliphatic rings. The second-order valence-electron chi connectivity index (χ2n) is 4.79. The molecule has 4 heteroatoms. The number of H-pyrrole nitrogens is 1. The maximum absolute atomic E-state index is 5.72. The second-order valence-corrected chi connectivity index (χ2v) is 5.21. The summed E-state index contributed by atoms with van der Waals surface area (Å²) in [5.74, 6) is 0.751. The molecular formula is C15H18N2OS. The van der Waals surface area contributed by atoms with E-state index in [1.165, 1.54) is 0 Å². The monoisotopic (exact) mass is 274 g/mol. The van der Waals surface area contributed by atoms with Crippen molar-refractivity contribution < 1.29 is 4.74 Å². The molecule has 0 saturated heterocycles. The zero-order chi connectivity index (χ0) is 13.9. The first kappa shape index (κ1) is 13.9. The maximum atomic E-state index is 5.72. The van der Waals surface area contributed by atoms with Gasteiger partial charge in [0, 0.05) is 12.3 Å². The molecule has 0 radical (unpaired) electrons. The zero-order valence-corrected chi connectivity index (χ0v) is 12.3. The van der Waals surface area contributed by atoms with E-state index in [-0.39, 0.29) is 0 Å². The lowest BCUT2D eigenvalue weighted by Crippen LogP contribution is -2.25. The first-order chi connectivity index (χ1) is 9.03. The lowest BCUT2D eigenvalue weighted by molar-refractivity contribution is -0.0208. The summed E-state index contributed by atoms with van der Waals surface area (Å²) < 4.78 is 6.29. The fourth-order valence-electron chi connectivity index (χ4n) is 1.95. The number of nitrogens with zero attached hydrogens (tertiary/aromatic N) is 1. The molecule has 1 aromatic heterocycles. The summed E-state index contributed by atoms with van der Waals surface area (Å²) in [7, 11) is 0. The van der Waals surface area contributed by atoms with E-state index in [0.717, 1.165) is 17.1 Å². The molecule has 3 nitrogen and oxygen atoms in total. The molecule has 0 fully saturated rings. The highest BCUT2D eigenvalue weighted by Gasteiger charge is 2.23. The predicted molar refractivity (Wildman–Crippen MR) is 79.5 cm³/mol. The molecule has 0 atom stereocenters. The third-order valence-electron chi connectivity index (χ3n) is 2.90. The topological polar surface area (TPSA) is 37.9 Å². The van der Waals surface area contributed by atoms with Crippen LogP contribution in [0.5, 0.6) is 0 Å². The highest BCUT2D eigenvalue weighted by Crippen LogP contribution is 2.24. The van der Waals surface area contributed by atoms with Gasteiger partial charge in [0.1, 0.15) is 16.1 Å². The minimum Gasteiger partial charge on any atom is -0.368 e. The number of aromatic nitrogens is 2. The van der Waals surface area contributed by atoms with Gasteiger partial charge in [0.15, 0.2) is 0 Å². The van der Waals surface area contributed by atoms with Crippen molar-refractivity contribution in [3.05, 3.63) is 46.9 Å². The third-order valence-corrected chi connectivity index (χ3v) is 3.11. The van der Waals surface area contributed by atoms with Crippen LogP contribution in [0.25, 0.3) is 11.3 Å². The molecule has 0 aliphatic heterocycles. The normalized spacial score (nSPS) is 11.5. The number of benzene rings is 1. The Kier molecular flexibility index (Phi) is 4.12. The summed E-state index contributed by atoms with van der Waals surface area (Å²) >= 11 is 5.25. The van der Waals surface area contributed by atoms with E-state index in [0.29, 0.717) is 11.2 Å². The van der Waals surface area contributed by atoms with Gasteiger partial charge in [-0.1, -0.05) is 42.5 Å². The Balaban J connectivity index is 2.49. The summed E-state index contributed by atoms with van der Waals surface area (Å²) in [6.07, 6.45) is 0. The fourth-order valence-corrected chi connectivity index (χ4v) is 2.15. The number of hydrogen-bond acceptors (Lipinski definition) is 3. The molecule has 2 aromatic rings. The quantitative estimate of drug-likeness (QED) is 0.854. The molecule has 0 aliphatic carbocycles. The average molecular weight is 274 g/mol. The van der Waals surface area contributed by atoms with Crippen molar-refractivity contribution in [2.75, 3.05) is 6.61 Å². The molecule has 19 heavy (non-hydrogen) atoms. The Morgan fingerprint density at radius 3 is 2.58 bits per heavy atom. The van der Waals surface area contributed by atoms with Crippen molar-refractivity contribution in [1.29, 1.82) is 0 Å². The van der Waals surface area contributed by atoms with Gasteiger partial charge in [0.25, 0.3) is 0 Å². The number of ether oxygens (including phenoxy) is 1. The van der Waals surface area contributed by atoms with E-state index in [1.54, 1.807) is 0 Å². The van der Waals surface area contributed by atoms with E-state index < -0.39 is 5.60 Å². The van der Waals surface area contributed by atoms with Crippen LogP contribution in [0.1, 0.15) is 26.6 Å². The highest BCUT2D eigenvalue weighted by molar-refractivity contribution is 7.71. The highest BCUT2D eigenvalue weighted by atomic mass is 32.1. The van der Waals surface area contributed by atoms with Crippen LogP contribution in [0.3, 0.4) is 0 Å². The van der Waals surface area contributed by atoms with Crippen molar-refractivity contribution in [1.82, 2.24) is 9.97 Å². The van der Waals surface area contributed by atoms with Gasteiger partial charge in [-0.05, 0) is 32.4 Å². The zero-order valence-electron chi connectivity index (χ0n) is 11.4. The Morgan fingerprint density at radius 2 is 1.95 bits per heavy atom. The Morgan fingerprint density at radius 1 is 1.26 bits per heavy atom. The number of hydrogen-bond donors (Lipinski definition) is 1. The molecule has 0 unspecified atom stereocenters. The van der Waals surface area contributed by atoms with Crippen LogP contribution in [-0.2, 0) is 10.3 Å². The van der Waals surface area contributed by atoms with Gasteiger partial charge in [-0.25, -0.2) is 4.98 Å². The fraction of sp³-hybridized carbons (Fsp3) is 0.333. The number of nitrogens with one attached hydrogen (secondary N) is 1. The molecule has 0 amide bonds. The summed E-state index contributed by atoms with van der Waals surface area (Å²) in [4.78, 5) is 7.71. The molecule has 2 rings (SSSR count). The van der Waals surface area contributed by atoms with E-state index >= 15 is 0 Å². The van der Waals surface area contributed by atoms with E-state index in [1.807, 2.05) is 57.2 Å². The van der Waals surface area contributed by atoms with Crippen LogP contribution in [-0.4, -0.2) is 16.6 Å². The van der Waals surface area contributed by atoms with Gasteiger partial charge in [0.2, 0.25) is 0 Å². The summed E-state index contributed by atoms with van der Waals surface area (Å²) in [6.45, 7) is 6.57. The molecule has 1 N–H and O–H groups in total. The Hall–Kier alpha value is -1.52. The molecule has 100 valence electrons. The minimum absolute atomic E-state index is 0.479. The summed E-state index contributed by atoms with van der Waals surface area (Å²) in [5, 5.41) is 0. The largest absolute Gasteiger partial charge is 0.368 e. The van der Waals surface area contributed by atoms with E-state index in [2.05, 4.69) is 9.97 Å². The van der Waals surface area contributed by atoms with Crippen LogP contribution in [0.15, 0.2) is 36.4 Å². The van der Waals surface area contributed by atoms with E-state index in [4.69, 9.17) is 17.0 Å². The van der Waals surface area contributed by atoms with Crippen LogP contribution < -0.4 is 0 Å². The van der Waals surface area contributed by atoms with Crippen molar-refractivity contribution in [2.24, 2.45) is 0 Å². The van der Waals surface area contributed by atoms with Gasteiger partial charge >= 0.3 is 0 Å². The average Bonchev–Trinajstić information content (AvgIpc) is 2.39. The van der Waals surface area contributed by atoms with Gasteiger partial charge in [0.05, 0.1) is 0 Å². The van der Waals surface area contributed by atoms with Crippen LogP contribution >= 0.6 is 12.2 Å². The number of rotatable bonds is 4. The summed E-state index contributed by atoms with van der Waals surface area (Å²) in [6, 6.07) is 11.9. The molecule has 0 spiro atoms. The van der Waals surface area contributed by atoms with Crippen molar-refractivity contribution in [2.45, 2.75) is 26.4 Å². The van der Waals surface area contributed by atoms with Crippen molar-refractivity contribution in [3.8, 4) is 11.3 Å². The second kappa shape index (κ2) is 5.63. The molecule has 1 aromatic carbocycles. The predicted octanol–water partition coefficient (Wildman–Crippen LogP) is 4.08. The lowest BCUT2D eigenvalue weighted by atomic mass is 10.1. The lowest BCUT2D eigenvalue weighted by Gasteiger charge is -2.24. The third kappa shape index (κ3) is 3.28. The van der Waals surface area contributed by atoms with Crippen molar-refractivity contribution >= 4 is 12.2 Å². The first-order valence-electron chi connectivity index (χ1n) is 6.34. The van der Waals surface area contributed by atoms with Gasteiger partial charge in [-0.3, -0.25) is 0 Å². The van der Waals surface area contributed by atoms with Crippen molar-refractivity contribution in [3.63, 3.8) is 0 Å². The van der Waals surface area contributed by atoms with Crippen LogP contribution in [0, 0.1) is 4.64 Å². The smallest absolute Gasteiger partial charge is 0.139 e. The Labute approximate surface area is 118 Å². The first-order valence-corrected chi connectivity index (χ1v) is 6.75. The van der Waals surface area contributed by atoms with Gasteiger partial charge < -0.3 is 9.72 Å². The molecule has 0 saturated carbocycles. The Bertz CT molecular complexity index is 605. The number of aromatic amines is 1. The summed E-state index contributed by atoms with van der Waals surface area (Å²) in [5.41, 5.74) is 1.57. The molecule has 0 bridgehead atoms.